The van der Waals surface area contributed by atoms with Gasteiger partial charge in [-0.15, -0.1) is 12.4 Å². The van der Waals surface area contributed by atoms with E-state index in [0.29, 0.717) is 17.9 Å². The summed E-state index contributed by atoms with van der Waals surface area (Å²) in [6.45, 7) is 0.484. The Labute approximate surface area is 109 Å². The lowest BCUT2D eigenvalue weighted by atomic mass is 10.2. The molecule has 0 spiro atoms. The summed E-state index contributed by atoms with van der Waals surface area (Å²) in [5, 5.41) is 8.95. The van der Waals surface area contributed by atoms with Crippen molar-refractivity contribution in [1.82, 2.24) is 0 Å². The van der Waals surface area contributed by atoms with Crippen LogP contribution in [0, 0.1) is 11.3 Å². The first-order valence-corrected chi connectivity index (χ1v) is 5.54. The Morgan fingerprint density at radius 2 is 2.19 bits per heavy atom. The molecule has 5 heteroatoms. The van der Waals surface area contributed by atoms with Gasteiger partial charge in [-0.25, -0.2) is 0 Å². The number of benzene rings is 1. The maximum Gasteiger partial charge on any atom is 0.138 e. The molecule has 0 aliphatic heterocycles. The summed E-state index contributed by atoms with van der Waals surface area (Å²) in [5.74, 6) is 0.601. The molecule has 1 saturated carbocycles. The Morgan fingerprint density at radius 1 is 1.50 bits per heavy atom. The van der Waals surface area contributed by atoms with Crippen LogP contribution in [0.2, 0.25) is 0 Å². The summed E-state index contributed by atoms with van der Waals surface area (Å²) in [6, 6.07) is 7.56. The second-order valence-electron chi connectivity index (χ2n) is 3.88. The largest absolute Gasteiger partial charge is 0.490 e. The van der Waals surface area contributed by atoms with E-state index in [4.69, 9.17) is 15.7 Å². The third-order valence-electron chi connectivity index (χ3n) is 2.49. The highest BCUT2D eigenvalue weighted by Crippen LogP contribution is 2.34. The van der Waals surface area contributed by atoms with E-state index in [0.717, 1.165) is 17.3 Å². The normalized spacial score (nSPS) is 15.8. The number of hydrogen-bond acceptors (Lipinski definition) is 3. The van der Waals surface area contributed by atoms with Crippen LogP contribution in [0.15, 0.2) is 22.7 Å². The van der Waals surface area contributed by atoms with Gasteiger partial charge in [-0.2, -0.15) is 5.26 Å². The van der Waals surface area contributed by atoms with Gasteiger partial charge < -0.3 is 10.5 Å². The number of nitrogens with two attached hydrogens (primary N) is 1. The van der Waals surface area contributed by atoms with E-state index in [-0.39, 0.29) is 17.9 Å². The lowest BCUT2D eigenvalue weighted by Crippen LogP contribution is -2.29. The van der Waals surface area contributed by atoms with Crippen molar-refractivity contribution >= 4 is 28.3 Å². The molecule has 1 fully saturated rings. The van der Waals surface area contributed by atoms with E-state index in [2.05, 4.69) is 22.0 Å². The summed E-state index contributed by atoms with van der Waals surface area (Å²) >= 11 is 3.31. The Morgan fingerprint density at radius 3 is 2.75 bits per heavy atom. The molecule has 2 N–H and O–H groups in total. The summed E-state index contributed by atoms with van der Waals surface area (Å²) in [5.41, 5.74) is 6.28. The molecule has 1 aromatic rings. The van der Waals surface area contributed by atoms with E-state index in [1.165, 1.54) is 0 Å². The van der Waals surface area contributed by atoms with Crippen molar-refractivity contribution in [1.29, 1.82) is 5.26 Å². The van der Waals surface area contributed by atoms with Crippen LogP contribution in [0.25, 0.3) is 0 Å². The zero-order valence-electron chi connectivity index (χ0n) is 8.57. The van der Waals surface area contributed by atoms with Crippen LogP contribution in [0.5, 0.6) is 5.75 Å². The van der Waals surface area contributed by atoms with E-state index in [9.17, 15) is 0 Å². The van der Waals surface area contributed by atoms with Crippen molar-refractivity contribution in [2.75, 3.05) is 6.61 Å². The zero-order chi connectivity index (χ0) is 10.9. The Hall–Kier alpha value is -0.760. The monoisotopic (exact) mass is 302 g/mol. The SMILES string of the molecule is Cl.N#Cc1c(Br)cccc1OCC1(N)CC1. The maximum atomic E-state index is 8.95. The van der Waals surface area contributed by atoms with Gasteiger partial charge in [0.15, 0.2) is 0 Å². The third-order valence-corrected chi connectivity index (χ3v) is 3.16. The number of nitriles is 1. The summed E-state index contributed by atoms with van der Waals surface area (Å²) in [6.07, 6.45) is 2.01. The standard InChI is InChI=1S/C11H11BrN2O.ClH/c12-9-2-1-3-10(8(9)6-13)15-7-11(14)4-5-11;/h1-3H,4-5,7,14H2;1H. The second-order valence-corrected chi connectivity index (χ2v) is 4.73. The number of rotatable bonds is 3. The number of hydrogen-bond donors (Lipinski definition) is 1. The van der Waals surface area contributed by atoms with Gasteiger partial charge in [0.2, 0.25) is 0 Å². The quantitative estimate of drug-likeness (QED) is 0.934. The van der Waals surface area contributed by atoms with Crippen LogP contribution in [0.1, 0.15) is 18.4 Å². The molecule has 0 saturated heterocycles. The van der Waals surface area contributed by atoms with Gasteiger partial charge in [0.25, 0.3) is 0 Å². The Bertz CT molecular complexity index is 426. The molecule has 0 aromatic heterocycles. The summed E-state index contributed by atoms with van der Waals surface area (Å²) in [4.78, 5) is 0. The Kier molecular flexibility index (Phi) is 4.20. The van der Waals surface area contributed by atoms with E-state index >= 15 is 0 Å². The second kappa shape index (κ2) is 5.05. The average molecular weight is 304 g/mol. The van der Waals surface area contributed by atoms with Gasteiger partial charge in [-0.05, 0) is 40.9 Å². The number of ether oxygens (including phenoxy) is 1. The van der Waals surface area contributed by atoms with Crippen LogP contribution in [0.4, 0.5) is 0 Å². The molecule has 1 aliphatic rings. The fourth-order valence-electron chi connectivity index (χ4n) is 1.26. The van der Waals surface area contributed by atoms with E-state index < -0.39 is 0 Å². The van der Waals surface area contributed by atoms with Crippen LogP contribution in [-0.2, 0) is 0 Å². The predicted molar refractivity (Wildman–Crippen MR) is 67.8 cm³/mol. The summed E-state index contributed by atoms with van der Waals surface area (Å²) in [7, 11) is 0. The van der Waals surface area contributed by atoms with E-state index in [1.54, 1.807) is 6.07 Å². The van der Waals surface area contributed by atoms with Crippen molar-refractivity contribution in [3.8, 4) is 11.8 Å². The molecular formula is C11H12BrClN2O. The van der Waals surface area contributed by atoms with Crippen molar-refractivity contribution in [2.24, 2.45) is 5.73 Å². The highest BCUT2D eigenvalue weighted by molar-refractivity contribution is 9.10. The van der Waals surface area contributed by atoms with Crippen molar-refractivity contribution in [3.63, 3.8) is 0 Å². The fraction of sp³-hybridized carbons (Fsp3) is 0.364. The minimum atomic E-state index is -0.158. The van der Waals surface area contributed by atoms with Crippen LogP contribution in [0.3, 0.4) is 0 Å². The number of nitrogens with zero attached hydrogens (tertiary/aromatic N) is 1. The van der Waals surface area contributed by atoms with Gasteiger partial charge in [-0.1, -0.05) is 6.07 Å². The molecule has 86 valence electrons. The maximum absolute atomic E-state index is 8.95. The first-order valence-electron chi connectivity index (χ1n) is 4.75. The van der Waals surface area contributed by atoms with Crippen molar-refractivity contribution in [2.45, 2.75) is 18.4 Å². The van der Waals surface area contributed by atoms with Crippen LogP contribution >= 0.6 is 28.3 Å². The predicted octanol–water partition coefficient (Wildman–Crippen LogP) is 2.61. The van der Waals surface area contributed by atoms with Gasteiger partial charge in [0, 0.05) is 4.47 Å². The minimum Gasteiger partial charge on any atom is -0.490 e. The highest BCUT2D eigenvalue weighted by atomic mass is 79.9. The lowest BCUT2D eigenvalue weighted by Gasteiger charge is -2.12. The molecule has 1 aromatic carbocycles. The Balaban J connectivity index is 0.00000128. The molecule has 2 rings (SSSR count). The first kappa shape index (κ1) is 13.3. The molecular weight excluding hydrogens is 291 g/mol. The zero-order valence-corrected chi connectivity index (χ0v) is 11.0. The van der Waals surface area contributed by atoms with Gasteiger partial charge >= 0.3 is 0 Å². The third kappa shape index (κ3) is 2.88. The van der Waals surface area contributed by atoms with Gasteiger partial charge in [0.1, 0.15) is 24.0 Å². The molecule has 1 aliphatic carbocycles. The van der Waals surface area contributed by atoms with E-state index in [1.807, 2.05) is 12.1 Å². The topological polar surface area (TPSA) is 59.0 Å². The molecule has 0 amide bonds. The molecule has 0 unspecified atom stereocenters. The highest BCUT2D eigenvalue weighted by Gasteiger charge is 2.39. The molecule has 0 heterocycles. The summed E-state index contributed by atoms with van der Waals surface area (Å²) < 4.78 is 6.31. The van der Waals surface area contributed by atoms with Crippen LogP contribution < -0.4 is 10.5 Å². The average Bonchev–Trinajstić information content (AvgIpc) is 2.94. The molecule has 0 bridgehead atoms. The smallest absolute Gasteiger partial charge is 0.138 e. The first-order chi connectivity index (χ1) is 7.14. The van der Waals surface area contributed by atoms with Crippen molar-refractivity contribution in [3.05, 3.63) is 28.2 Å². The fourth-order valence-corrected chi connectivity index (χ4v) is 1.70. The molecule has 16 heavy (non-hydrogen) atoms. The lowest BCUT2D eigenvalue weighted by molar-refractivity contribution is 0.278. The van der Waals surface area contributed by atoms with Crippen LogP contribution in [-0.4, -0.2) is 12.1 Å². The van der Waals surface area contributed by atoms with Gasteiger partial charge in [-0.3, -0.25) is 0 Å². The van der Waals surface area contributed by atoms with Crippen molar-refractivity contribution < 1.29 is 4.74 Å². The molecule has 0 atom stereocenters. The molecule has 3 nitrogen and oxygen atoms in total. The molecule has 0 radical (unpaired) electrons. The van der Waals surface area contributed by atoms with Gasteiger partial charge in [0.05, 0.1) is 5.54 Å². The minimum absolute atomic E-state index is 0. The number of halogens is 2.